The van der Waals surface area contributed by atoms with Gasteiger partial charge >= 0.3 is 0 Å². The van der Waals surface area contributed by atoms with Gasteiger partial charge in [-0.25, -0.2) is 4.98 Å². The van der Waals surface area contributed by atoms with Crippen LogP contribution in [0.2, 0.25) is 0 Å². The van der Waals surface area contributed by atoms with Crippen LogP contribution in [0.5, 0.6) is 11.5 Å². The molecule has 0 aliphatic carbocycles. The summed E-state index contributed by atoms with van der Waals surface area (Å²) in [4.78, 5) is 20.5. The highest BCUT2D eigenvalue weighted by atomic mass is 16.5. The molecule has 1 aromatic carbocycles. The fraction of sp³-hybridized carbons (Fsp3) is 0.500. The fourth-order valence-corrected chi connectivity index (χ4v) is 3.12. The van der Waals surface area contributed by atoms with Gasteiger partial charge in [-0.2, -0.15) is 5.10 Å². The molecule has 1 amide bonds. The van der Waals surface area contributed by atoms with Crippen LogP contribution in [0.3, 0.4) is 0 Å². The highest BCUT2D eigenvalue weighted by Gasteiger charge is 2.22. The van der Waals surface area contributed by atoms with Crippen LogP contribution in [0.1, 0.15) is 12.0 Å². The van der Waals surface area contributed by atoms with Crippen molar-refractivity contribution in [2.24, 2.45) is 0 Å². The molecule has 0 saturated carbocycles. The summed E-state index contributed by atoms with van der Waals surface area (Å²) in [5, 5.41) is 4.03. The molecule has 1 fully saturated rings. The van der Waals surface area contributed by atoms with Gasteiger partial charge in [-0.05, 0) is 18.2 Å². The van der Waals surface area contributed by atoms with Gasteiger partial charge in [0.05, 0.1) is 20.8 Å². The Hall–Kier alpha value is -2.61. The SMILES string of the molecule is COc1ccc(OC)c(CN2CCN(C(=O)CCn3cncn3)CC2)c1. The summed E-state index contributed by atoms with van der Waals surface area (Å²) in [7, 11) is 3.34. The topological polar surface area (TPSA) is 72.7 Å². The largest absolute Gasteiger partial charge is 0.497 e. The number of rotatable bonds is 7. The fourth-order valence-electron chi connectivity index (χ4n) is 3.12. The average molecular weight is 359 g/mol. The Morgan fingerprint density at radius 1 is 1.15 bits per heavy atom. The van der Waals surface area contributed by atoms with Crippen molar-refractivity contribution in [3.8, 4) is 11.5 Å². The maximum absolute atomic E-state index is 12.4. The van der Waals surface area contributed by atoms with E-state index in [1.165, 1.54) is 6.33 Å². The van der Waals surface area contributed by atoms with Crippen LogP contribution < -0.4 is 9.47 Å². The van der Waals surface area contributed by atoms with Gasteiger partial charge in [-0.15, -0.1) is 0 Å². The number of aryl methyl sites for hydroxylation is 1. The molecular formula is C18H25N5O3. The first-order valence-electron chi connectivity index (χ1n) is 8.73. The standard InChI is InChI=1S/C18H25N5O3/c1-25-16-3-4-17(26-2)15(11-16)12-21-7-9-22(10-8-21)18(24)5-6-23-14-19-13-20-23/h3-4,11,13-14H,5-10,12H2,1-2H3. The molecule has 1 aliphatic rings. The van der Waals surface area contributed by atoms with Crippen molar-refractivity contribution in [1.82, 2.24) is 24.6 Å². The smallest absolute Gasteiger partial charge is 0.224 e. The number of ether oxygens (including phenoxy) is 2. The maximum Gasteiger partial charge on any atom is 0.224 e. The molecule has 8 heteroatoms. The van der Waals surface area contributed by atoms with Gasteiger partial charge in [0.1, 0.15) is 24.2 Å². The predicted octanol–water partition coefficient (Wildman–Crippen LogP) is 1.03. The molecule has 0 radical (unpaired) electrons. The molecule has 0 atom stereocenters. The number of aromatic nitrogens is 3. The molecule has 0 N–H and O–H groups in total. The van der Waals surface area contributed by atoms with Gasteiger partial charge in [0.25, 0.3) is 0 Å². The van der Waals surface area contributed by atoms with Crippen LogP contribution in [-0.2, 0) is 17.9 Å². The van der Waals surface area contributed by atoms with Gasteiger partial charge in [-0.1, -0.05) is 0 Å². The molecule has 8 nitrogen and oxygen atoms in total. The van der Waals surface area contributed by atoms with Crippen LogP contribution in [0.15, 0.2) is 30.9 Å². The summed E-state index contributed by atoms with van der Waals surface area (Å²) in [6.07, 6.45) is 3.57. The second kappa shape index (κ2) is 8.66. The molecule has 0 bridgehead atoms. The van der Waals surface area contributed by atoms with Crippen LogP contribution in [0, 0.1) is 0 Å². The van der Waals surface area contributed by atoms with E-state index in [9.17, 15) is 4.79 Å². The number of carbonyl (C=O) groups is 1. The second-order valence-electron chi connectivity index (χ2n) is 6.24. The summed E-state index contributed by atoms with van der Waals surface area (Å²) in [5.74, 6) is 1.85. The number of methoxy groups -OCH3 is 2. The van der Waals surface area contributed by atoms with E-state index in [0.29, 0.717) is 13.0 Å². The summed E-state index contributed by atoms with van der Waals surface area (Å²) >= 11 is 0. The number of hydrogen-bond acceptors (Lipinski definition) is 6. The average Bonchev–Trinajstić information content (AvgIpc) is 3.20. The lowest BCUT2D eigenvalue weighted by Crippen LogP contribution is -2.48. The molecule has 1 saturated heterocycles. The molecule has 1 aliphatic heterocycles. The maximum atomic E-state index is 12.4. The minimum absolute atomic E-state index is 0.166. The molecule has 3 rings (SSSR count). The molecule has 26 heavy (non-hydrogen) atoms. The minimum Gasteiger partial charge on any atom is -0.497 e. The van der Waals surface area contributed by atoms with Crippen molar-refractivity contribution >= 4 is 5.91 Å². The summed E-state index contributed by atoms with van der Waals surface area (Å²) in [5.41, 5.74) is 1.10. The number of nitrogens with zero attached hydrogens (tertiary/aromatic N) is 5. The molecule has 1 aromatic heterocycles. The van der Waals surface area contributed by atoms with Gasteiger partial charge in [0.15, 0.2) is 0 Å². The van der Waals surface area contributed by atoms with E-state index < -0.39 is 0 Å². The van der Waals surface area contributed by atoms with E-state index in [0.717, 1.165) is 49.8 Å². The Balaban J connectivity index is 1.50. The normalized spacial score (nSPS) is 15.1. The Labute approximate surface area is 153 Å². The van der Waals surface area contributed by atoms with E-state index in [1.54, 1.807) is 25.2 Å². The van der Waals surface area contributed by atoms with Crippen molar-refractivity contribution in [3.05, 3.63) is 36.4 Å². The Bertz CT molecular complexity index is 712. The summed E-state index contributed by atoms with van der Waals surface area (Å²) in [6, 6.07) is 5.83. The van der Waals surface area contributed by atoms with Gasteiger partial charge in [0.2, 0.25) is 5.91 Å². The Morgan fingerprint density at radius 2 is 1.96 bits per heavy atom. The van der Waals surface area contributed by atoms with Crippen molar-refractivity contribution in [2.45, 2.75) is 19.5 Å². The van der Waals surface area contributed by atoms with Crippen molar-refractivity contribution in [3.63, 3.8) is 0 Å². The number of carbonyl (C=O) groups excluding carboxylic acids is 1. The number of amides is 1. The first-order chi connectivity index (χ1) is 12.7. The number of hydrogen-bond donors (Lipinski definition) is 0. The van der Waals surface area contributed by atoms with Gasteiger partial charge in [-0.3, -0.25) is 14.4 Å². The second-order valence-corrected chi connectivity index (χ2v) is 6.24. The van der Waals surface area contributed by atoms with E-state index in [2.05, 4.69) is 15.0 Å². The summed E-state index contributed by atoms with van der Waals surface area (Å²) < 4.78 is 12.4. The Kier molecular flexibility index (Phi) is 6.06. The molecule has 0 spiro atoms. The van der Waals surface area contributed by atoms with Crippen LogP contribution >= 0.6 is 0 Å². The van der Waals surface area contributed by atoms with Crippen LogP contribution in [0.25, 0.3) is 0 Å². The third-order valence-electron chi connectivity index (χ3n) is 4.63. The zero-order chi connectivity index (χ0) is 18.4. The van der Waals surface area contributed by atoms with Crippen molar-refractivity contribution in [1.29, 1.82) is 0 Å². The molecule has 140 valence electrons. The van der Waals surface area contributed by atoms with E-state index >= 15 is 0 Å². The molecular weight excluding hydrogens is 334 g/mol. The Morgan fingerprint density at radius 3 is 2.62 bits per heavy atom. The van der Waals surface area contributed by atoms with Crippen molar-refractivity contribution in [2.75, 3.05) is 40.4 Å². The lowest BCUT2D eigenvalue weighted by atomic mass is 10.1. The van der Waals surface area contributed by atoms with E-state index in [-0.39, 0.29) is 5.91 Å². The predicted molar refractivity (Wildman–Crippen MR) is 96.0 cm³/mol. The van der Waals surface area contributed by atoms with E-state index in [4.69, 9.17) is 9.47 Å². The summed E-state index contributed by atoms with van der Waals surface area (Å²) in [6.45, 7) is 4.51. The first kappa shape index (κ1) is 18.2. The lowest BCUT2D eigenvalue weighted by Gasteiger charge is -2.35. The third-order valence-corrected chi connectivity index (χ3v) is 4.63. The quantitative estimate of drug-likeness (QED) is 0.735. The van der Waals surface area contributed by atoms with Crippen LogP contribution in [0.4, 0.5) is 0 Å². The lowest BCUT2D eigenvalue weighted by molar-refractivity contribution is -0.133. The molecule has 2 aromatic rings. The molecule has 0 unspecified atom stereocenters. The molecule has 2 heterocycles. The minimum atomic E-state index is 0.166. The number of benzene rings is 1. The van der Waals surface area contributed by atoms with Gasteiger partial charge < -0.3 is 14.4 Å². The zero-order valence-corrected chi connectivity index (χ0v) is 15.3. The third kappa shape index (κ3) is 4.51. The van der Waals surface area contributed by atoms with Gasteiger partial charge in [0, 0.05) is 44.7 Å². The van der Waals surface area contributed by atoms with Crippen molar-refractivity contribution < 1.29 is 14.3 Å². The highest BCUT2D eigenvalue weighted by molar-refractivity contribution is 5.76. The zero-order valence-electron chi connectivity index (χ0n) is 15.3. The first-order valence-corrected chi connectivity index (χ1v) is 8.73. The highest BCUT2D eigenvalue weighted by Crippen LogP contribution is 2.25. The van der Waals surface area contributed by atoms with Crippen LogP contribution in [-0.4, -0.2) is 70.9 Å². The number of piperazine rings is 1. The monoisotopic (exact) mass is 359 g/mol. The van der Waals surface area contributed by atoms with E-state index in [1.807, 2.05) is 23.1 Å².